The van der Waals surface area contributed by atoms with Gasteiger partial charge in [-0.15, -0.1) is 24.0 Å². The third-order valence-electron chi connectivity index (χ3n) is 5.32. The van der Waals surface area contributed by atoms with Gasteiger partial charge in [0, 0.05) is 18.7 Å². The molecule has 0 aromatic carbocycles. The zero-order valence-corrected chi connectivity index (χ0v) is 20.1. The smallest absolute Gasteiger partial charge is 0.191 e. The summed E-state index contributed by atoms with van der Waals surface area (Å²) in [6.45, 7) is 10.5. The van der Waals surface area contributed by atoms with E-state index < -0.39 is 0 Å². The lowest BCUT2D eigenvalue weighted by molar-refractivity contribution is 0.150. The monoisotopic (exact) mass is 515 g/mol. The first kappa shape index (κ1) is 23.7. The summed E-state index contributed by atoms with van der Waals surface area (Å²) in [5, 5.41) is 10.8. The van der Waals surface area contributed by atoms with E-state index in [2.05, 4.69) is 33.7 Å². The molecular weight excluding hydrogens is 481 g/mol. The molecule has 2 aromatic rings. The van der Waals surface area contributed by atoms with Crippen LogP contribution in [0.15, 0.2) is 32.3 Å². The Bertz CT molecular complexity index is 719. The summed E-state index contributed by atoms with van der Waals surface area (Å²) >= 11 is 0. The molecule has 7 nitrogen and oxygen atoms in total. The number of nitrogens with zero attached hydrogens (tertiary/aromatic N) is 3. The Morgan fingerprint density at radius 2 is 2.03 bits per heavy atom. The van der Waals surface area contributed by atoms with Crippen LogP contribution in [-0.2, 0) is 6.42 Å². The molecule has 2 N–H and O–H groups in total. The Labute approximate surface area is 190 Å². The highest BCUT2D eigenvalue weighted by Gasteiger charge is 2.24. The van der Waals surface area contributed by atoms with E-state index in [1.807, 2.05) is 19.9 Å². The largest absolute Gasteiger partial charge is 0.468 e. The Morgan fingerprint density at radius 3 is 2.66 bits per heavy atom. The first-order valence-corrected chi connectivity index (χ1v) is 10.4. The lowest BCUT2D eigenvalue weighted by Gasteiger charge is -2.32. The van der Waals surface area contributed by atoms with Crippen LogP contribution in [0.1, 0.15) is 55.0 Å². The Hall–Kier alpha value is -1.55. The van der Waals surface area contributed by atoms with Crippen LogP contribution in [0.5, 0.6) is 0 Å². The predicted octanol–water partition coefficient (Wildman–Crippen LogP) is 3.83. The van der Waals surface area contributed by atoms with Crippen LogP contribution in [0.25, 0.3) is 0 Å². The number of furan rings is 1. The Morgan fingerprint density at radius 1 is 1.24 bits per heavy atom. The summed E-state index contributed by atoms with van der Waals surface area (Å²) < 4.78 is 11.0. The molecule has 3 rings (SSSR count). The number of guanidine groups is 1. The second-order valence-electron chi connectivity index (χ2n) is 7.33. The molecule has 3 heterocycles. The van der Waals surface area contributed by atoms with Crippen molar-refractivity contribution in [1.29, 1.82) is 0 Å². The number of aromatic nitrogens is 1. The lowest BCUT2D eigenvalue weighted by atomic mass is 10.1. The third-order valence-corrected chi connectivity index (χ3v) is 5.32. The highest BCUT2D eigenvalue weighted by atomic mass is 127. The molecule has 1 atom stereocenters. The maximum absolute atomic E-state index is 5.73. The van der Waals surface area contributed by atoms with Gasteiger partial charge in [0.1, 0.15) is 11.5 Å². The summed E-state index contributed by atoms with van der Waals surface area (Å²) in [5.74, 6) is 2.73. The Kier molecular flexibility index (Phi) is 9.99. The fraction of sp³-hybridized carbons (Fsp3) is 0.619. The molecule has 0 saturated carbocycles. The van der Waals surface area contributed by atoms with Crippen LogP contribution in [0.4, 0.5) is 0 Å². The van der Waals surface area contributed by atoms with Gasteiger partial charge in [0.15, 0.2) is 5.96 Å². The molecule has 162 valence electrons. The van der Waals surface area contributed by atoms with Gasteiger partial charge in [0.25, 0.3) is 0 Å². The van der Waals surface area contributed by atoms with Gasteiger partial charge >= 0.3 is 0 Å². The van der Waals surface area contributed by atoms with E-state index in [1.54, 1.807) is 6.26 Å². The fourth-order valence-corrected chi connectivity index (χ4v) is 3.78. The van der Waals surface area contributed by atoms with Crippen molar-refractivity contribution in [2.24, 2.45) is 4.99 Å². The quantitative estimate of drug-likeness (QED) is 0.316. The van der Waals surface area contributed by atoms with Gasteiger partial charge in [0.2, 0.25) is 0 Å². The SMILES string of the molecule is CCNC(=NCC(c1ccco1)N1CCCCC1)NCCc1c(C)noc1C.I. The van der Waals surface area contributed by atoms with Crippen LogP contribution in [-0.4, -0.2) is 48.7 Å². The van der Waals surface area contributed by atoms with Crippen molar-refractivity contribution in [2.75, 3.05) is 32.7 Å². The van der Waals surface area contributed by atoms with Gasteiger partial charge < -0.3 is 19.6 Å². The molecule has 1 aliphatic heterocycles. The number of hydrogen-bond donors (Lipinski definition) is 2. The average Bonchev–Trinajstić information content (AvgIpc) is 3.34. The molecule has 0 amide bonds. The number of halogens is 1. The van der Waals surface area contributed by atoms with Crippen molar-refractivity contribution >= 4 is 29.9 Å². The first-order chi connectivity index (χ1) is 13.7. The average molecular weight is 515 g/mol. The van der Waals surface area contributed by atoms with Gasteiger partial charge in [0.05, 0.1) is 24.5 Å². The molecule has 0 spiro atoms. The van der Waals surface area contributed by atoms with E-state index in [-0.39, 0.29) is 30.0 Å². The molecule has 8 heteroatoms. The molecular formula is C21H34IN5O2. The number of aliphatic imine (C=N–C) groups is 1. The second kappa shape index (κ2) is 12.2. The molecule has 0 radical (unpaired) electrons. The van der Waals surface area contributed by atoms with Crippen molar-refractivity contribution in [2.45, 2.75) is 52.5 Å². The lowest BCUT2D eigenvalue weighted by Crippen LogP contribution is -2.40. The zero-order chi connectivity index (χ0) is 19.8. The standard InChI is InChI=1S/C21H33N5O2.HI/c1-4-22-21(23-11-10-18-16(2)25-28-17(18)3)24-15-19(20-9-8-14-27-20)26-12-6-5-7-13-26;/h8-9,14,19H,4-7,10-13,15H2,1-3H3,(H2,22,23,24);1H. The molecule has 1 fully saturated rings. The Balaban J connectivity index is 0.00000300. The second-order valence-corrected chi connectivity index (χ2v) is 7.33. The summed E-state index contributed by atoms with van der Waals surface area (Å²) in [7, 11) is 0. The molecule has 0 aliphatic carbocycles. The van der Waals surface area contributed by atoms with Crippen LogP contribution >= 0.6 is 24.0 Å². The number of piperidine rings is 1. The number of likely N-dealkylation sites (tertiary alicyclic amines) is 1. The van der Waals surface area contributed by atoms with Gasteiger partial charge in [-0.05, 0) is 65.3 Å². The first-order valence-electron chi connectivity index (χ1n) is 10.4. The van der Waals surface area contributed by atoms with E-state index in [4.69, 9.17) is 13.9 Å². The van der Waals surface area contributed by atoms with Gasteiger partial charge in [-0.25, -0.2) is 0 Å². The normalized spacial score (nSPS) is 16.3. The third kappa shape index (κ3) is 6.74. The van der Waals surface area contributed by atoms with E-state index >= 15 is 0 Å². The van der Waals surface area contributed by atoms with Crippen molar-refractivity contribution in [3.63, 3.8) is 0 Å². The van der Waals surface area contributed by atoms with Gasteiger partial charge in [-0.2, -0.15) is 0 Å². The number of aryl methyl sites for hydroxylation is 2. The van der Waals surface area contributed by atoms with Crippen molar-refractivity contribution in [1.82, 2.24) is 20.7 Å². The minimum absolute atomic E-state index is 0. The van der Waals surface area contributed by atoms with Crippen LogP contribution in [0.3, 0.4) is 0 Å². The fourth-order valence-electron chi connectivity index (χ4n) is 3.78. The molecule has 0 bridgehead atoms. The minimum atomic E-state index is 0. The van der Waals surface area contributed by atoms with Crippen LogP contribution in [0.2, 0.25) is 0 Å². The van der Waals surface area contributed by atoms with Gasteiger partial charge in [-0.3, -0.25) is 9.89 Å². The number of hydrogen-bond acceptors (Lipinski definition) is 5. The molecule has 1 saturated heterocycles. The van der Waals surface area contributed by atoms with Crippen molar-refractivity contribution < 1.29 is 8.94 Å². The molecule has 29 heavy (non-hydrogen) atoms. The maximum atomic E-state index is 5.73. The summed E-state index contributed by atoms with van der Waals surface area (Å²) in [6, 6.07) is 4.21. The predicted molar refractivity (Wildman–Crippen MR) is 126 cm³/mol. The molecule has 2 aromatic heterocycles. The summed E-state index contributed by atoms with van der Waals surface area (Å²) in [6.07, 6.45) is 6.42. The van der Waals surface area contributed by atoms with Crippen LogP contribution in [0, 0.1) is 13.8 Å². The summed E-state index contributed by atoms with van der Waals surface area (Å²) in [5.41, 5.74) is 2.13. The van der Waals surface area contributed by atoms with Crippen LogP contribution < -0.4 is 10.6 Å². The van der Waals surface area contributed by atoms with Crippen molar-refractivity contribution in [3.8, 4) is 0 Å². The molecule has 1 unspecified atom stereocenters. The van der Waals surface area contributed by atoms with E-state index in [0.29, 0.717) is 6.54 Å². The zero-order valence-electron chi connectivity index (χ0n) is 17.7. The minimum Gasteiger partial charge on any atom is -0.468 e. The maximum Gasteiger partial charge on any atom is 0.191 e. The van der Waals surface area contributed by atoms with E-state index in [1.165, 1.54) is 24.8 Å². The highest BCUT2D eigenvalue weighted by Crippen LogP contribution is 2.25. The van der Waals surface area contributed by atoms with E-state index in [9.17, 15) is 0 Å². The number of nitrogens with one attached hydrogen (secondary N) is 2. The van der Waals surface area contributed by atoms with E-state index in [0.717, 1.165) is 55.8 Å². The summed E-state index contributed by atoms with van der Waals surface area (Å²) in [4.78, 5) is 7.36. The van der Waals surface area contributed by atoms with Gasteiger partial charge in [-0.1, -0.05) is 11.6 Å². The number of rotatable bonds is 8. The highest BCUT2D eigenvalue weighted by molar-refractivity contribution is 14.0. The molecule has 1 aliphatic rings. The van der Waals surface area contributed by atoms with Crippen molar-refractivity contribution in [3.05, 3.63) is 41.2 Å². The topological polar surface area (TPSA) is 78.8 Å².